The number of hydrogen-bond donors (Lipinski definition) is 1. The van der Waals surface area contributed by atoms with Crippen molar-refractivity contribution in [2.24, 2.45) is 0 Å². The van der Waals surface area contributed by atoms with Crippen molar-refractivity contribution in [1.29, 1.82) is 5.26 Å². The molecule has 2 aromatic rings. The molecule has 0 spiro atoms. The van der Waals surface area contributed by atoms with E-state index in [1.807, 2.05) is 36.4 Å². The van der Waals surface area contributed by atoms with Crippen LogP contribution in [0.3, 0.4) is 0 Å². The standard InChI is InChI=1S/C15H12N2O2/c16-8-12-3-1-2-4-13(12)17-9-11-5-6-14-15(7-11)19-10-18-14/h1-7,17H,9-10H2. The van der Waals surface area contributed by atoms with Gasteiger partial charge in [-0.2, -0.15) is 5.26 Å². The number of hydrogen-bond acceptors (Lipinski definition) is 4. The normalized spacial score (nSPS) is 11.9. The molecule has 0 saturated heterocycles. The van der Waals surface area contributed by atoms with Gasteiger partial charge in [-0.05, 0) is 29.8 Å². The number of nitrogens with one attached hydrogen (secondary N) is 1. The number of para-hydroxylation sites is 1. The van der Waals surface area contributed by atoms with Crippen molar-refractivity contribution in [2.45, 2.75) is 6.54 Å². The lowest BCUT2D eigenvalue weighted by Gasteiger charge is -2.08. The number of fused-ring (bicyclic) bond motifs is 1. The summed E-state index contributed by atoms with van der Waals surface area (Å²) in [6, 6.07) is 15.4. The summed E-state index contributed by atoms with van der Waals surface area (Å²) in [4.78, 5) is 0. The van der Waals surface area contributed by atoms with Crippen molar-refractivity contribution in [3.63, 3.8) is 0 Å². The van der Waals surface area contributed by atoms with Gasteiger partial charge in [-0.3, -0.25) is 0 Å². The fourth-order valence-electron chi connectivity index (χ4n) is 1.98. The van der Waals surface area contributed by atoms with Gasteiger partial charge in [0.25, 0.3) is 0 Å². The summed E-state index contributed by atoms with van der Waals surface area (Å²) >= 11 is 0. The number of ether oxygens (including phenoxy) is 2. The zero-order valence-electron chi connectivity index (χ0n) is 10.2. The first-order valence-corrected chi connectivity index (χ1v) is 5.98. The molecule has 1 aliphatic heterocycles. The largest absolute Gasteiger partial charge is 0.454 e. The lowest BCUT2D eigenvalue weighted by Crippen LogP contribution is -2.01. The van der Waals surface area contributed by atoms with Crippen LogP contribution in [0, 0.1) is 11.3 Å². The second kappa shape index (κ2) is 4.91. The highest BCUT2D eigenvalue weighted by Gasteiger charge is 2.13. The van der Waals surface area contributed by atoms with Crippen molar-refractivity contribution >= 4 is 5.69 Å². The summed E-state index contributed by atoms with van der Waals surface area (Å²) in [5.41, 5.74) is 2.56. The molecule has 0 bridgehead atoms. The van der Waals surface area contributed by atoms with Gasteiger partial charge in [0.15, 0.2) is 11.5 Å². The van der Waals surface area contributed by atoms with Crippen LogP contribution in [-0.4, -0.2) is 6.79 Å². The van der Waals surface area contributed by atoms with Crippen LogP contribution in [0.4, 0.5) is 5.69 Å². The Balaban J connectivity index is 1.74. The van der Waals surface area contributed by atoms with Crippen LogP contribution in [0.15, 0.2) is 42.5 Å². The van der Waals surface area contributed by atoms with E-state index in [0.29, 0.717) is 12.1 Å². The number of rotatable bonds is 3. The molecule has 0 unspecified atom stereocenters. The molecule has 2 aromatic carbocycles. The van der Waals surface area contributed by atoms with Gasteiger partial charge in [-0.15, -0.1) is 0 Å². The van der Waals surface area contributed by atoms with Gasteiger partial charge in [0.05, 0.1) is 11.3 Å². The predicted octanol–water partition coefficient (Wildman–Crippen LogP) is 2.90. The lowest BCUT2D eigenvalue weighted by molar-refractivity contribution is 0.174. The molecule has 1 aliphatic rings. The topological polar surface area (TPSA) is 54.3 Å². The summed E-state index contributed by atoms with van der Waals surface area (Å²) in [5, 5.41) is 12.3. The van der Waals surface area contributed by atoms with Crippen molar-refractivity contribution in [2.75, 3.05) is 12.1 Å². The van der Waals surface area contributed by atoms with E-state index in [0.717, 1.165) is 22.7 Å². The third-order valence-corrected chi connectivity index (χ3v) is 2.97. The Bertz CT molecular complexity index is 647. The van der Waals surface area contributed by atoms with Crippen LogP contribution in [-0.2, 0) is 6.54 Å². The number of nitriles is 1. The minimum Gasteiger partial charge on any atom is -0.454 e. The molecule has 19 heavy (non-hydrogen) atoms. The van der Waals surface area contributed by atoms with E-state index in [1.165, 1.54) is 0 Å². The molecule has 1 heterocycles. The van der Waals surface area contributed by atoms with Gasteiger partial charge in [-0.1, -0.05) is 18.2 Å². The fourth-order valence-corrected chi connectivity index (χ4v) is 1.98. The second-order valence-corrected chi connectivity index (χ2v) is 4.20. The van der Waals surface area contributed by atoms with Crippen LogP contribution < -0.4 is 14.8 Å². The van der Waals surface area contributed by atoms with Gasteiger partial charge in [0.1, 0.15) is 6.07 Å². The molecule has 1 N–H and O–H groups in total. The summed E-state index contributed by atoms with van der Waals surface area (Å²) in [6.07, 6.45) is 0. The van der Waals surface area contributed by atoms with Crippen LogP contribution in [0.5, 0.6) is 11.5 Å². The van der Waals surface area contributed by atoms with Crippen LogP contribution in [0.25, 0.3) is 0 Å². The third-order valence-electron chi connectivity index (χ3n) is 2.97. The summed E-state index contributed by atoms with van der Waals surface area (Å²) in [6.45, 7) is 0.915. The first kappa shape index (κ1) is 11.4. The molecule has 0 radical (unpaired) electrons. The molecule has 0 amide bonds. The lowest BCUT2D eigenvalue weighted by atomic mass is 10.1. The smallest absolute Gasteiger partial charge is 0.231 e. The maximum Gasteiger partial charge on any atom is 0.231 e. The fraction of sp³-hybridized carbons (Fsp3) is 0.133. The molecule has 4 nitrogen and oxygen atoms in total. The summed E-state index contributed by atoms with van der Waals surface area (Å²) in [5.74, 6) is 1.55. The molecular weight excluding hydrogens is 240 g/mol. The van der Waals surface area contributed by atoms with E-state index in [9.17, 15) is 0 Å². The highest BCUT2D eigenvalue weighted by molar-refractivity contribution is 5.57. The Morgan fingerprint density at radius 2 is 1.95 bits per heavy atom. The minimum absolute atomic E-state index is 0.281. The van der Waals surface area contributed by atoms with E-state index >= 15 is 0 Å². The Morgan fingerprint density at radius 1 is 1.11 bits per heavy atom. The average molecular weight is 252 g/mol. The quantitative estimate of drug-likeness (QED) is 0.912. The first-order chi connectivity index (χ1) is 9.36. The maximum absolute atomic E-state index is 9.02. The van der Waals surface area contributed by atoms with E-state index in [1.54, 1.807) is 6.07 Å². The number of benzene rings is 2. The Kier molecular flexibility index (Phi) is 2.95. The van der Waals surface area contributed by atoms with E-state index < -0.39 is 0 Å². The maximum atomic E-state index is 9.02. The molecule has 4 heteroatoms. The van der Waals surface area contributed by atoms with Crippen molar-refractivity contribution in [3.05, 3.63) is 53.6 Å². The highest BCUT2D eigenvalue weighted by Crippen LogP contribution is 2.32. The van der Waals surface area contributed by atoms with Crippen LogP contribution in [0.2, 0.25) is 0 Å². The van der Waals surface area contributed by atoms with Gasteiger partial charge >= 0.3 is 0 Å². The van der Waals surface area contributed by atoms with Gasteiger partial charge in [0.2, 0.25) is 6.79 Å². The first-order valence-electron chi connectivity index (χ1n) is 5.98. The zero-order valence-corrected chi connectivity index (χ0v) is 10.2. The Morgan fingerprint density at radius 3 is 2.84 bits per heavy atom. The average Bonchev–Trinajstić information content (AvgIpc) is 2.93. The van der Waals surface area contributed by atoms with Crippen LogP contribution >= 0.6 is 0 Å². The SMILES string of the molecule is N#Cc1ccccc1NCc1ccc2c(c1)OCO2. The van der Waals surface area contributed by atoms with Gasteiger partial charge in [0, 0.05) is 6.54 Å². The van der Waals surface area contributed by atoms with Gasteiger partial charge in [-0.25, -0.2) is 0 Å². The van der Waals surface area contributed by atoms with Gasteiger partial charge < -0.3 is 14.8 Å². The Labute approximate surface area is 111 Å². The van der Waals surface area contributed by atoms with Crippen molar-refractivity contribution in [1.82, 2.24) is 0 Å². The molecule has 0 fully saturated rings. The zero-order chi connectivity index (χ0) is 13.1. The van der Waals surface area contributed by atoms with Crippen molar-refractivity contribution < 1.29 is 9.47 Å². The Hall–Kier alpha value is -2.67. The molecular formula is C15H12N2O2. The minimum atomic E-state index is 0.281. The summed E-state index contributed by atoms with van der Waals surface area (Å²) < 4.78 is 10.6. The second-order valence-electron chi connectivity index (χ2n) is 4.20. The summed E-state index contributed by atoms with van der Waals surface area (Å²) in [7, 11) is 0. The molecule has 3 rings (SSSR count). The van der Waals surface area contributed by atoms with E-state index in [2.05, 4.69) is 11.4 Å². The van der Waals surface area contributed by atoms with Crippen LogP contribution in [0.1, 0.15) is 11.1 Å². The number of anilines is 1. The molecule has 94 valence electrons. The predicted molar refractivity (Wildman–Crippen MR) is 71.0 cm³/mol. The molecule has 0 atom stereocenters. The third kappa shape index (κ3) is 2.31. The number of nitrogens with zero attached hydrogens (tertiary/aromatic N) is 1. The van der Waals surface area contributed by atoms with Crippen molar-refractivity contribution in [3.8, 4) is 17.6 Å². The van der Waals surface area contributed by atoms with E-state index in [-0.39, 0.29) is 6.79 Å². The molecule has 0 aromatic heterocycles. The molecule has 0 aliphatic carbocycles. The van der Waals surface area contributed by atoms with E-state index in [4.69, 9.17) is 14.7 Å². The highest BCUT2D eigenvalue weighted by atomic mass is 16.7. The molecule has 0 saturated carbocycles. The monoisotopic (exact) mass is 252 g/mol.